The van der Waals surface area contributed by atoms with Crippen LogP contribution in [0.15, 0.2) is 42.6 Å². The summed E-state index contributed by atoms with van der Waals surface area (Å²) in [5.41, 5.74) is 2.72. The van der Waals surface area contributed by atoms with Crippen molar-refractivity contribution in [2.24, 2.45) is 0 Å². The average Bonchev–Trinajstić information content (AvgIpc) is 2.57. The van der Waals surface area contributed by atoms with Crippen LogP contribution in [0, 0.1) is 6.92 Å². The van der Waals surface area contributed by atoms with Gasteiger partial charge in [-0.25, -0.2) is 0 Å². The van der Waals surface area contributed by atoms with E-state index in [1.165, 1.54) is 0 Å². The Morgan fingerprint density at radius 1 is 1.22 bits per heavy atom. The first-order valence-electron chi connectivity index (χ1n) is 7.61. The fraction of sp³-hybridized carbons (Fsp3) is 0.333. The summed E-state index contributed by atoms with van der Waals surface area (Å²) >= 11 is 0. The van der Waals surface area contributed by atoms with Crippen LogP contribution in [0.25, 0.3) is 0 Å². The van der Waals surface area contributed by atoms with Crippen molar-refractivity contribution in [1.82, 2.24) is 10.3 Å². The third kappa shape index (κ3) is 5.38. The molecule has 1 aromatic heterocycles. The minimum absolute atomic E-state index is 0.115. The third-order valence-electron chi connectivity index (χ3n) is 3.42. The van der Waals surface area contributed by atoms with Gasteiger partial charge in [0.25, 0.3) is 5.91 Å². The molecular weight excluding hydrogens is 292 g/mol. The molecule has 0 aliphatic heterocycles. The highest BCUT2D eigenvalue weighted by atomic mass is 16.5. The van der Waals surface area contributed by atoms with Gasteiger partial charge in [0, 0.05) is 37.5 Å². The largest absolute Gasteiger partial charge is 0.491 e. The third-order valence-corrected chi connectivity index (χ3v) is 3.42. The lowest BCUT2D eigenvalue weighted by molar-refractivity contribution is 0.0953. The molecule has 1 aromatic carbocycles. The quantitative estimate of drug-likeness (QED) is 0.760. The number of nitrogens with one attached hydrogen (secondary N) is 1. The van der Waals surface area contributed by atoms with E-state index >= 15 is 0 Å². The first-order chi connectivity index (χ1) is 11.2. The van der Waals surface area contributed by atoms with Crippen LogP contribution >= 0.6 is 0 Å². The topological polar surface area (TPSA) is 60.5 Å². The van der Waals surface area contributed by atoms with Crippen LogP contribution < -0.4 is 10.1 Å². The van der Waals surface area contributed by atoms with Gasteiger partial charge in [-0.15, -0.1) is 0 Å². The summed E-state index contributed by atoms with van der Waals surface area (Å²) in [6.45, 7) is 3.54. The van der Waals surface area contributed by atoms with Gasteiger partial charge in [0.15, 0.2) is 0 Å². The van der Waals surface area contributed by atoms with Crippen molar-refractivity contribution in [3.63, 3.8) is 0 Å². The zero-order chi connectivity index (χ0) is 16.5. The summed E-state index contributed by atoms with van der Waals surface area (Å²) in [4.78, 5) is 16.5. The van der Waals surface area contributed by atoms with Crippen LogP contribution in [0.4, 0.5) is 0 Å². The Bertz CT molecular complexity index is 644. The van der Waals surface area contributed by atoms with Gasteiger partial charge in [-0.05, 0) is 36.8 Å². The number of amides is 1. The van der Waals surface area contributed by atoms with Gasteiger partial charge in [-0.1, -0.05) is 12.1 Å². The fourth-order valence-electron chi connectivity index (χ4n) is 2.15. The monoisotopic (exact) mass is 314 g/mol. The number of hydrogen-bond donors (Lipinski definition) is 1. The van der Waals surface area contributed by atoms with E-state index in [1.807, 2.05) is 25.1 Å². The number of methoxy groups -OCH3 is 1. The molecule has 2 rings (SSSR count). The lowest BCUT2D eigenvalue weighted by Crippen LogP contribution is -2.26. The van der Waals surface area contributed by atoms with Crippen LogP contribution in [-0.4, -0.2) is 37.8 Å². The number of rotatable bonds is 8. The van der Waals surface area contributed by atoms with Crippen molar-refractivity contribution in [3.8, 4) is 5.75 Å². The first kappa shape index (κ1) is 17.0. The van der Waals surface area contributed by atoms with Crippen molar-refractivity contribution in [3.05, 3.63) is 59.4 Å². The van der Waals surface area contributed by atoms with Crippen molar-refractivity contribution in [1.29, 1.82) is 0 Å². The summed E-state index contributed by atoms with van der Waals surface area (Å²) in [7, 11) is 1.62. The number of hydrogen-bond acceptors (Lipinski definition) is 4. The minimum atomic E-state index is -0.115. The molecule has 0 saturated heterocycles. The van der Waals surface area contributed by atoms with Gasteiger partial charge in [0.05, 0.1) is 6.61 Å². The maximum absolute atomic E-state index is 12.2. The van der Waals surface area contributed by atoms with E-state index in [4.69, 9.17) is 9.47 Å². The molecule has 0 bridgehead atoms. The van der Waals surface area contributed by atoms with Crippen molar-refractivity contribution < 1.29 is 14.3 Å². The highest BCUT2D eigenvalue weighted by molar-refractivity contribution is 5.94. The molecule has 0 saturated carbocycles. The molecule has 1 amide bonds. The molecule has 0 fully saturated rings. The predicted molar refractivity (Wildman–Crippen MR) is 88.8 cm³/mol. The van der Waals surface area contributed by atoms with Crippen LogP contribution in [0.3, 0.4) is 0 Å². The Kier molecular flexibility index (Phi) is 6.56. The molecule has 2 aromatic rings. The Hall–Kier alpha value is -2.40. The van der Waals surface area contributed by atoms with Crippen LogP contribution in [0.5, 0.6) is 5.75 Å². The number of ether oxygens (including phenoxy) is 2. The van der Waals surface area contributed by atoms with E-state index in [2.05, 4.69) is 10.3 Å². The Labute approximate surface area is 136 Å². The second-order valence-corrected chi connectivity index (χ2v) is 5.14. The molecular formula is C18H22N2O3. The highest BCUT2D eigenvalue weighted by Crippen LogP contribution is 2.13. The predicted octanol–water partition coefficient (Wildman–Crippen LogP) is 2.39. The maximum Gasteiger partial charge on any atom is 0.251 e. The first-order valence-corrected chi connectivity index (χ1v) is 7.61. The van der Waals surface area contributed by atoms with E-state index in [9.17, 15) is 4.79 Å². The maximum atomic E-state index is 12.2. The summed E-state index contributed by atoms with van der Waals surface area (Å²) in [6.07, 6.45) is 2.48. The molecule has 5 heteroatoms. The second-order valence-electron chi connectivity index (χ2n) is 5.14. The average molecular weight is 314 g/mol. The smallest absolute Gasteiger partial charge is 0.251 e. The Morgan fingerprint density at radius 3 is 2.87 bits per heavy atom. The molecule has 1 N–H and O–H groups in total. The van der Waals surface area contributed by atoms with Gasteiger partial charge in [-0.2, -0.15) is 0 Å². The van der Waals surface area contributed by atoms with Crippen molar-refractivity contribution in [2.75, 3.05) is 26.9 Å². The molecule has 5 nitrogen and oxygen atoms in total. The summed E-state index contributed by atoms with van der Waals surface area (Å²) < 4.78 is 10.4. The Morgan fingerprint density at radius 2 is 2.09 bits per heavy atom. The van der Waals surface area contributed by atoms with Gasteiger partial charge < -0.3 is 14.8 Å². The highest BCUT2D eigenvalue weighted by Gasteiger charge is 2.07. The molecule has 122 valence electrons. The van der Waals surface area contributed by atoms with Crippen molar-refractivity contribution in [2.45, 2.75) is 13.3 Å². The van der Waals surface area contributed by atoms with E-state index in [1.54, 1.807) is 31.5 Å². The molecule has 1 heterocycles. The summed E-state index contributed by atoms with van der Waals surface area (Å²) in [5.74, 6) is 0.547. The number of aromatic nitrogens is 1. The van der Waals surface area contributed by atoms with E-state index < -0.39 is 0 Å². The molecule has 0 atom stereocenters. The van der Waals surface area contributed by atoms with Gasteiger partial charge in [0.2, 0.25) is 0 Å². The molecule has 0 radical (unpaired) electrons. The number of pyridine rings is 1. The summed E-state index contributed by atoms with van der Waals surface area (Å²) in [6, 6.07) is 11.1. The van der Waals surface area contributed by atoms with E-state index in [0.29, 0.717) is 37.5 Å². The number of nitrogens with zero attached hydrogens (tertiary/aromatic N) is 1. The zero-order valence-corrected chi connectivity index (χ0v) is 13.5. The van der Waals surface area contributed by atoms with Crippen molar-refractivity contribution >= 4 is 5.91 Å². The molecule has 0 spiro atoms. The van der Waals surface area contributed by atoms with Gasteiger partial charge in [-0.3, -0.25) is 9.78 Å². The van der Waals surface area contributed by atoms with Gasteiger partial charge in [0.1, 0.15) is 12.4 Å². The summed E-state index contributed by atoms with van der Waals surface area (Å²) in [5, 5.41) is 2.91. The second kappa shape index (κ2) is 8.90. The Balaban J connectivity index is 1.85. The van der Waals surface area contributed by atoms with Crippen LogP contribution in [-0.2, 0) is 11.2 Å². The van der Waals surface area contributed by atoms with Crippen LogP contribution in [0.1, 0.15) is 21.6 Å². The number of carbonyl (C=O) groups excluding carboxylic acids is 1. The normalized spacial score (nSPS) is 10.3. The number of carbonyl (C=O) groups is 1. The molecule has 0 unspecified atom stereocenters. The standard InChI is InChI=1S/C18H22N2O3/c1-14-5-4-9-19-17(14)8-10-20-18(21)15-6-3-7-16(13-15)23-12-11-22-2/h3-7,9,13H,8,10-12H2,1-2H3,(H,20,21). The van der Waals surface area contributed by atoms with Gasteiger partial charge >= 0.3 is 0 Å². The zero-order valence-electron chi connectivity index (χ0n) is 13.5. The SMILES string of the molecule is COCCOc1cccc(C(=O)NCCc2ncccc2C)c1. The van der Waals surface area contributed by atoms with E-state index in [0.717, 1.165) is 11.3 Å². The van der Waals surface area contributed by atoms with E-state index in [-0.39, 0.29) is 5.91 Å². The minimum Gasteiger partial charge on any atom is -0.491 e. The lowest BCUT2D eigenvalue weighted by Gasteiger charge is -2.09. The molecule has 23 heavy (non-hydrogen) atoms. The number of aryl methyl sites for hydroxylation is 1. The molecule has 0 aliphatic carbocycles. The van der Waals surface area contributed by atoms with Crippen LogP contribution in [0.2, 0.25) is 0 Å². The fourth-order valence-corrected chi connectivity index (χ4v) is 2.15. The lowest BCUT2D eigenvalue weighted by atomic mass is 10.1. The number of benzene rings is 1. The molecule has 0 aliphatic rings.